The largest absolute Gasteiger partial charge is 0.367 e. The van der Waals surface area contributed by atoms with Crippen LogP contribution in [0.4, 0.5) is 0 Å². The van der Waals surface area contributed by atoms with Crippen LogP contribution in [0.5, 0.6) is 0 Å². The number of nitrogens with zero attached hydrogens (tertiary/aromatic N) is 1. The Kier molecular flexibility index (Phi) is 3.15. The number of rotatable bonds is 3. The fourth-order valence-corrected chi connectivity index (χ4v) is 1.58. The molecular weight excluding hydrogens is 218 g/mol. The molecule has 0 atom stereocenters. The number of hydrogen-bond acceptors (Lipinski definition) is 4. The lowest BCUT2D eigenvalue weighted by atomic mass is 10.2. The standard InChI is InChI=1S/C8H11N3O3S/c1-6-2-4-7(5-3-6)15(12,13)14-11-8(9)10/h2-5H,1H3,(H4,9,10,11). The monoisotopic (exact) mass is 229 g/mol. The van der Waals surface area contributed by atoms with Gasteiger partial charge in [0.2, 0.25) is 5.96 Å². The van der Waals surface area contributed by atoms with Crippen molar-refractivity contribution in [3.63, 3.8) is 0 Å². The maximum atomic E-state index is 11.4. The quantitative estimate of drug-likeness (QED) is 0.427. The predicted octanol–water partition coefficient (Wildman–Crippen LogP) is -0.111. The Bertz CT molecular complexity index is 460. The first-order valence-electron chi connectivity index (χ1n) is 4.01. The van der Waals surface area contributed by atoms with Crippen LogP contribution in [-0.2, 0) is 14.4 Å². The summed E-state index contributed by atoms with van der Waals surface area (Å²) in [5.74, 6) is -0.453. The van der Waals surface area contributed by atoms with Crippen molar-refractivity contribution in [1.82, 2.24) is 0 Å². The molecule has 0 radical (unpaired) electrons. The molecule has 0 bridgehead atoms. The van der Waals surface area contributed by atoms with E-state index in [-0.39, 0.29) is 4.90 Å². The molecule has 0 saturated heterocycles. The van der Waals surface area contributed by atoms with Crippen LogP contribution in [0.3, 0.4) is 0 Å². The lowest BCUT2D eigenvalue weighted by Crippen LogP contribution is -2.23. The van der Waals surface area contributed by atoms with Gasteiger partial charge >= 0.3 is 10.1 Å². The molecule has 0 amide bonds. The highest BCUT2D eigenvalue weighted by molar-refractivity contribution is 7.86. The van der Waals surface area contributed by atoms with Crippen molar-refractivity contribution < 1.29 is 12.7 Å². The SMILES string of the molecule is Cc1ccc(S(=O)(=O)ON=C(N)N)cc1. The molecule has 15 heavy (non-hydrogen) atoms. The molecule has 1 aromatic rings. The van der Waals surface area contributed by atoms with Crippen LogP contribution in [0.1, 0.15) is 5.56 Å². The highest BCUT2D eigenvalue weighted by atomic mass is 32.2. The van der Waals surface area contributed by atoms with E-state index in [1.54, 1.807) is 12.1 Å². The minimum absolute atomic E-state index is 0.00176. The van der Waals surface area contributed by atoms with E-state index >= 15 is 0 Å². The van der Waals surface area contributed by atoms with Crippen LogP contribution in [0.15, 0.2) is 34.3 Å². The molecule has 7 heteroatoms. The summed E-state index contributed by atoms with van der Waals surface area (Å²) in [6, 6.07) is 6.11. The van der Waals surface area contributed by atoms with Crippen LogP contribution in [-0.4, -0.2) is 14.4 Å². The molecule has 0 aliphatic heterocycles. The maximum absolute atomic E-state index is 11.4. The first-order valence-corrected chi connectivity index (χ1v) is 5.42. The molecule has 82 valence electrons. The molecule has 0 heterocycles. The number of hydrogen-bond donors (Lipinski definition) is 2. The molecule has 0 aliphatic carbocycles. The summed E-state index contributed by atoms with van der Waals surface area (Å²) < 4.78 is 27.0. The van der Waals surface area contributed by atoms with E-state index in [0.717, 1.165) is 5.56 Å². The van der Waals surface area contributed by atoms with Gasteiger partial charge in [-0.3, -0.25) is 4.28 Å². The zero-order valence-corrected chi connectivity index (χ0v) is 8.86. The van der Waals surface area contributed by atoms with E-state index in [1.165, 1.54) is 12.1 Å². The number of oxime groups is 1. The third-order valence-corrected chi connectivity index (χ3v) is 2.67. The highest BCUT2D eigenvalue weighted by Crippen LogP contribution is 2.12. The van der Waals surface area contributed by atoms with Gasteiger partial charge < -0.3 is 11.5 Å². The molecule has 1 aromatic carbocycles. The molecule has 0 saturated carbocycles. The molecule has 0 unspecified atom stereocenters. The van der Waals surface area contributed by atoms with Crippen LogP contribution < -0.4 is 11.5 Å². The van der Waals surface area contributed by atoms with Gasteiger partial charge in [-0.2, -0.15) is 8.42 Å². The molecule has 0 aromatic heterocycles. The Labute approximate surface area is 87.6 Å². The van der Waals surface area contributed by atoms with E-state index in [0.29, 0.717) is 0 Å². The summed E-state index contributed by atoms with van der Waals surface area (Å²) >= 11 is 0. The zero-order chi connectivity index (χ0) is 11.5. The predicted molar refractivity (Wildman–Crippen MR) is 55.3 cm³/mol. The average Bonchev–Trinajstić information content (AvgIpc) is 2.16. The van der Waals surface area contributed by atoms with E-state index in [9.17, 15) is 8.42 Å². The van der Waals surface area contributed by atoms with E-state index < -0.39 is 16.1 Å². The summed E-state index contributed by atoms with van der Waals surface area (Å²) in [7, 11) is -3.92. The van der Waals surface area contributed by atoms with Crippen molar-refractivity contribution >= 4 is 16.1 Å². The summed E-state index contributed by atoms with van der Waals surface area (Å²) in [6.45, 7) is 1.84. The van der Waals surface area contributed by atoms with Gasteiger partial charge in [0, 0.05) is 0 Å². The van der Waals surface area contributed by atoms with Gasteiger partial charge in [-0.15, -0.1) is 0 Å². The van der Waals surface area contributed by atoms with Crippen LogP contribution >= 0.6 is 0 Å². The zero-order valence-electron chi connectivity index (χ0n) is 8.04. The first kappa shape index (κ1) is 11.3. The van der Waals surface area contributed by atoms with Crippen molar-refractivity contribution in [2.75, 3.05) is 0 Å². The lowest BCUT2D eigenvalue weighted by Gasteiger charge is -2.01. The van der Waals surface area contributed by atoms with Crippen molar-refractivity contribution in [1.29, 1.82) is 0 Å². The molecule has 0 spiro atoms. The van der Waals surface area contributed by atoms with Gasteiger partial charge in [-0.1, -0.05) is 17.7 Å². The van der Waals surface area contributed by atoms with Gasteiger partial charge in [0.05, 0.1) is 0 Å². The Balaban J connectivity index is 2.97. The van der Waals surface area contributed by atoms with Crippen LogP contribution in [0.2, 0.25) is 0 Å². The van der Waals surface area contributed by atoms with Crippen molar-refractivity contribution in [2.24, 2.45) is 16.6 Å². The van der Waals surface area contributed by atoms with Gasteiger partial charge in [0.25, 0.3) is 0 Å². The van der Waals surface area contributed by atoms with Crippen LogP contribution in [0.25, 0.3) is 0 Å². The Hall–Kier alpha value is -1.76. The average molecular weight is 229 g/mol. The second kappa shape index (κ2) is 4.18. The van der Waals surface area contributed by atoms with Gasteiger partial charge in [-0.05, 0) is 24.2 Å². The highest BCUT2D eigenvalue weighted by Gasteiger charge is 2.15. The smallest absolute Gasteiger partial charge is 0.358 e. The summed E-state index contributed by atoms with van der Waals surface area (Å²) in [5.41, 5.74) is 10.8. The van der Waals surface area contributed by atoms with E-state index in [4.69, 9.17) is 11.5 Å². The Morgan fingerprint density at radius 1 is 1.27 bits per heavy atom. The fourth-order valence-electron chi connectivity index (χ4n) is 0.840. The second-order valence-corrected chi connectivity index (χ2v) is 4.39. The van der Waals surface area contributed by atoms with E-state index in [1.807, 2.05) is 6.92 Å². The summed E-state index contributed by atoms with van der Waals surface area (Å²) in [4.78, 5) is -0.00176. The molecule has 0 aliphatic rings. The van der Waals surface area contributed by atoms with Crippen molar-refractivity contribution in [3.05, 3.63) is 29.8 Å². The van der Waals surface area contributed by atoms with Crippen LogP contribution in [0, 0.1) is 6.92 Å². The lowest BCUT2D eigenvalue weighted by molar-refractivity contribution is 0.337. The number of nitrogens with two attached hydrogens (primary N) is 2. The maximum Gasteiger partial charge on any atom is 0.358 e. The minimum atomic E-state index is -3.92. The topological polar surface area (TPSA) is 108 Å². The molecule has 6 nitrogen and oxygen atoms in total. The number of aryl methyl sites for hydroxylation is 1. The third-order valence-electron chi connectivity index (χ3n) is 1.55. The minimum Gasteiger partial charge on any atom is -0.367 e. The number of benzene rings is 1. The summed E-state index contributed by atoms with van der Waals surface area (Å²) in [5, 5.41) is 2.98. The van der Waals surface area contributed by atoms with Crippen molar-refractivity contribution in [3.8, 4) is 0 Å². The normalized spacial score (nSPS) is 10.7. The molecular formula is C8H11N3O3S. The molecule has 1 rings (SSSR count). The molecule has 0 fully saturated rings. The Morgan fingerprint density at radius 2 is 1.80 bits per heavy atom. The van der Waals surface area contributed by atoms with E-state index in [2.05, 4.69) is 9.44 Å². The first-order chi connectivity index (χ1) is 6.92. The van der Waals surface area contributed by atoms with Crippen molar-refractivity contribution in [2.45, 2.75) is 11.8 Å². The van der Waals surface area contributed by atoms with Gasteiger partial charge in [-0.25, -0.2) is 0 Å². The van der Waals surface area contributed by atoms with Gasteiger partial charge in [0.1, 0.15) is 4.90 Å². The number of guanidine groups is 1. The Morgan fingerprint density at radius 3 is 2.27 bits per heavy atom. The summed E-state index contributed by atoms with van der Waals surface area (Å²) in [6.07, 6.45) is 0. The van der Waals surface area contributed by atoms with Gasteiger partial charge in [0.15, 0.2) is 0 Å². The second-order valence-electron chi connectivity index (χ2n) is 2.86. The third kappa shape index (κ3) is 3.13. The fraction of sp³-hybridized carbons (Fsp3) is 0.125. The molecule has 4 N–H and O–H groups in total.